The van der Waals surface area contributed by atoms with Crippen LogP contribution in [0.5, 0.6) is 0 Å². The summed E-state index contributed by atoms with van der Waals surface area (Å²) in [5.74, 6) is -0.125. The summed E-state index contributed by atoms with van der Waals surface area (Å²) in [6, 6.07) is 23.9. The lowest BCUT2D eigenvalue weighted by molar-refractivity contribution is 0.0794. The number of hydrogen-bond donors (Lipinski definition) is 1. The minimum Gasteiger partial charge on any atom is -0.339 e. The maximum Gasteiger partial charge on any atom is 0.295 e. The van der Waals surface area contributed by atoms with Crippen molar-refractivity contribution in [2.45, 2.75) is 12.8 Å². The van der Waals surface area contributed by atoms with Crippen molar-refractivity contribution >= 4 is 29.1 Å². The minimum atomic E-state index is -0.524. The maximum absolute atomic E-state index is 13.2. The van der Waals surface area contributed by atoms with E-state index in [9.17, 15) is 9.59 Å². The Kier molecular flexibility index (Phi) is 6.10. The van der Waals surface area contributed by atoms with E-state index in [4.69, 9.17) is 11.6 Å². The number of rotatable bonds is 5. The lowest BCUT2D eigenvalue weighted by atomic mass is 10.1. The molecule has 5 rings (SSSR count). The maximum atomic E-state index is 13.2. The van der Waals surface area contributed by atoms with Crippen LogP contribution in [0.4, 0.5) is 5.69 Å². The Labute approximate surface area is 202 Å². The van der Waals surface area contributed by atoms with Gasteiger partial charge in [-0.3, -0.25) is 9.59 Å². The standard InChI is InChI=1S/C26H22ClN5O2/c27-19-13-14-21(26(34)31-15-7-8-16-31)22(17-19)28-25(33)23-29-24(18-9-3-1-4-10-18)32(30-23)20-11-5-2-6-12-20/h1-6,9-14,17H,7-8,15-16H2,(H,28,33). The first-order chi connectivity index (χ1) is 16.6. The van der Waals surface area contributed by atoms with Gasteiger partial charge in [-0.05, 0) is 43.2 Å². The zero-order valence-corrected chi connectivity index (χ0v) is 19.1. The first-order valence-electron chi connectivity index (χ1n) is 11.1. The normalized spacial score (nSPS) is 13.1. The topological polar surface area (TPSA) is 80.1 Å². The molecule has 2 amide bonds. The Hall–Kier alpha value is -3.97. The number of carbonyl (C=O) groups excluding carboxylic acids is 2. The van der Waals surface area contributed by atoms with Crippen LogP contribution in [-0.4, -0.2) is 44.6 Å². The lowest BCUT2D eigenvalue weighted by Gasteiger charge is -2.18. The van der Waals surface area contributed by atoms with E-state index >= 15 is 0 Å². The third-order valence-corrected chi connectivity index (χ3v) is 5.93. The summed E-state index contributed by atoms with van der Waals surface area (Å²) >= 11 is 6.19. The van der Waals surface area contributed by atoms with E-state index in [2.05, 4.69) is 15.4 Å². The number of anilines is 1. The Morgan fingerprint density at radius 3 is 2.26 bits per heavy atom. The molecule has 1 fully saturated rings. The van der Waals surface area contributed by atoms with E-state index in [0.717, 1.165) is 24.1 Å². The van der Waals surface area contributed by atoms with Crippen LogP contribution < -0.4 is 5.32 Å². The largest absolute Gasteiger partial charge is 0.339 e. The SMILES string of the molecule is O=C(Nc1cc(Cl)ccc1C(=O)N1CCCC1)c1nc(-c2ccccc2)n(-c2ccccc2)n1. The van der Waals surface area contributed by atoms with Gasteiger partial charge in [-0.25, -0.2) is 9.67 Å². The van der Waals surface area contributed by atoms with Crippen molar-refractivity contribution in [3.8, 4) is 17.1 Å². The molecule has 0 bridgehead atoms. The molecular formula is C26H22ClN5O2. The van der Waals surface area contributed by atoms with Gasteiger partial charge in [0, 0.05) is 23.7 Å². The van der Waals surface area contributed by atoms with Gasteiger partial charge in [0.25, 0.3) is 11.8 Å². The molecule has 1 N–H and O–H groups in total. The van der Waals surface area contributed by atoms with Crippen molar-refractivity contribution in [2.75, 3.05) is 18.4 Å². The Bertz CT molecular complexity index is 1280. The summed E-state index contributed by atoms with van der Waals surface area (Å²) < 4.78 is 1.64. The molecule has 0 radical (unpaired) electrons. The molecule has 0 saturated carbocycles. The van der Waals surface area contributed by atoms with Crippen molar-refractivity contribution in [1.29, 1.82) is 0 Å². The first kappa shape index (κ1) is 21.9. The number of aromatic nitrogens is 3. The van der Waals surface area contributed by atoms with Gasteiger partial charge >= 0.3 is 0 Å². The van der Waals surface area contributed by atoms with Crippen molar-refractivity contribution in [1.82, 2.24) is 19.7 Å². The zero-order valence-electron chi connectivity index (χ0n) is 18.3. The van der Waals surface area contributed by atoms with Crippen LogP contribution in [0.25, 0.3) is 17.1 Å². The second-order valence-corrected chi connectivity index (χ2v) is 8.45. The number of benzene rings is 3. The molecule has 1 aliphatic heterocycles. The quantitative estimate of drug-likeness (QED) is 0.440. The summed E-state index contributed by atoms with van der Waals surface area (Å²) in [5.41, 5.74) is 2.34. The van der Waals surface area contributed by atoms with Crippen LogP contribution in [0, 0.1) is 0 Å². The van der Waals surface area contributed by atoms with Crippen LogP contribution in [0.1, 0.15) is 33.8 Å². The van der Waals surface area contributed by atoms with E-state index in [1.807, 2.05) is 60.7 Å². The van der Waals surface area contributed by atoms with Crippen molar-refractivity contribution in [2.24, 2.45) is 0 Å². The van der Waals surface area contributed by atoms with Gasteiger partial charge in [0.2, 0.25) is 5.82 Å². The summed E-state index contributed by atoms with van der Waals surface area (Å²) in [7, 11) is 0. The highest BCUT2D eigenvalue weighted by Crippen LogP contribution is 2.26. The molecule has 3 aromatic carbocycles. The van der Waals surface area contributed by atoms with Crippen LogP contribution in [0.3, 0.4) is 0 Å². The van der Waals surface area contributed by atoms with Gasteiger partial charge in [0.1, 0.15) is 0 Å². The molecule has 0 atom stereocenters. The molecule has 4 aromatic rings. The molecule has 170 valence electrons. The van der Waals surface area contributed by atoms with Gasteiger partial charge in [-0.2, -0.15) is 0 Å². The van der Waals surface area contributed by atoms with Crippen molar-refractivity contribution in [3.05, 3.63) is 95.3 Å². The van der Waals surface area contributed by atoms with E-state index in [1.165, 1.54) is 0 Å². The summed E-state index contributed by atoms with van der Waals surface area (Å²) in [4.78, 5) is 32.6. The fourth-order valence-electron chi connectivity index (χ4n) is 4.01. The second kappa shape index (κ2) is 9.49. The molecule has 2 heterocycles. The predicted molar refractivity (Wildman–Crippen MR) is 131 cm³/mol. The van der Waals surface area contributed by atoms with Crippen LogP contribution in [0.2, 0.25) is 5.02 Å². The van der Waals surface area contributed by atoms with Gasteiger partial charge < -0.3 is 10.2 Å². The van der Waals surface area contributed by atoms with Crippen molar-refractivity contribution in [3.63, 3.8) is 0 Å². The highest BCUT2D eigenvalue weighted by Gasteiger charge is 2.24. The monoisotopic (exact) mass is 471 g/mol. The van der Waals surface area contributed by atoms with Gasteiger partial charge in [0.05, 0.1) is 16.9 Å². The molecule has 1 aromatic heterocycles. The second-order valence-electron chi connectivity index (χ2n) is 8.02. The van der Waals surface area contributed by atoms with Crippen LogP contribution in [-0.2, 0) is 0 Å². The molecule has 8 heteroatoms. The predicted octanol–water partition coefficient (Wildman–Crippen LogP) is 5.08. The highest BCUT2D eigenvalue weighted by molar-refractivity contribution is 6.31. The Morgan fingerprint density at radius 1 is 0.882 bits per heavy atom. The Morgan fingerprint density at radius 2 is 1.56 bits per heavy atom. The number of amides is 2. The van der Waals surface area contributed by atoms with Crippen LogP contribution in [0.15, 0.2) is 78.9 Å². The molecule has 1 aliphatic rings. The van der Waals surface area contributed by atoms with Crippen LogP contribution >= 0.6 is 11.6 Å². The number of carbonyl (C=O) groups is 2. The minimum absolute atomic E-state index is 0.0118. The van der Waals surface area contributed by atoms with E-state index in [0.29, 0.717) is 35.2 Å². The first-order valence-corrected chi connectivity index (χ1v) is 11.5. The lowest BCUT2D eigenvalue weighted by Crippen LogP contribution is -2.29. The molecular weight excluding hydrogens is 450 g/mol. The Balaban J connectivity index is 1.50. The zero-order chi connectivity index (χ0) is 23.5. The number of para-hydroxylation sites is 1. The fourth-order valence-corrected chi connectivity index (χ4v) is 4.18. The average Bonchev–Trinajstić information content (AvgIpc) is 3.56. The molecule has 0 spiro atoms. The third-order valence-electron chi connectivity index (χ3n) is 5.70. The third kappa shape index (κ3) is 4.43. The smallest absolute Gasteiger partial charge is 0.295 e. The highest BCUT2D eigenvalue weighted by atomic mass is 35.5. The number of halogens is 1. The average molecular weight is 472 g/mol. The van der Waals surface area contributed by atoms with E-state index in [1.54, 1.807) is 27.8 Å². The molecule has 1 saturated heterocycles. The van der Waals surface area contributed by atoms with E-state index < -0.39 is 5.91 Å². The summed E-state index contributed by atoms with van der Waals surface area (Å²) in [5, 5.41) is 7.72. The van der Waals surface area contributed by atoms with Gasteiger partial charge in [0.15, 0.2) is 5.82 Å². The fraction of sp³-hybridized carbons (Fsp3) is 0.154. The van der Waals surface area contributed by atoms with Gasteiger partial charge in [-0.15, -0.1) is 5.10 Å². The number of nitrogens with zero attached hydrogens (tertiary/aromatic N) is 4. The van der Waals surface area contributed by atoms with Crippen molar-refractivity contribution < 1.29 is 9.59 Å². The molecule has 0 aliphatic carbocycles. The number of nitrogens with one attached hydrogen (secondary N) is 1. The summed E-state index contributed by atoms with van der Waals surface area (Å²) in [6.07, 6.45) is 1.95. The van der Waals surface area contributed by atoms with Gasteiger partial charge in [-0.1, -0.05) is 60.1 Å². The molecule has 0 unspecified atom stereocenters. The number of hydrogen-bond acceptors (Lipinski definition) is 4. The molecule has 34 heavy (non-hydrogen) atoms. The summed E-state index contributed by atoms with van der Waals surface area (Å²) in [6.45, 7) is 1.41. The number of likely N-dealkylation sites (tertiary alicyclic amines) is 1. The van der Waals surface area contributed by atoms with E-state index in [-0.39, 0.29) is 11.7 Å². The molecule has 7 nitrogen and oxygen atoms in total.